The molecule has 2 aromatic heterocycles. The van der Waals surface area contributed by atoms with Crippen LogP contribution in [0, 0.1) is 20.8 Å². The van der Waals surface area contributed by atoms with Crippen molar-refractivity contribution in [2.24, 2.45) is 0 Å². The van der Waals surface area contributed by atoms with Crippen molar-refractivity contribution >= 4 is 17.3 Å². The molecule has 2 aromatic rings. The number of thiazole rings is 1. The molecule has 4 nitrogen and oxygen atoms in total. The third-order valence-corrected chi connectivity index (χ3v) is 4.55. The van der Waals surface area contributed by atoms with Crippen molar-refractivity contribution in [1.82, 2.24) is 15.0 Å². The van der Waals surface area contributed by atoms with E-state index in [9.17, 15) is 0 Å². The lowest BCUT2D eigenvalue weighted by Crippen LogP contribution is -2.10. The summed E-state index contributed by atoms with van der Waals surface area (Å²) < 4.78 is 0. The molecule has 20 heavy (non-hydrogen) atoms. The largest absolute Gasteiger partial charge is 0.354 e. The summed E-state index contributed by atoms with van der Waals surface area (Å²) in [6.45, 7) is 11.2. The van der Waals surface area contributed by atoms with Crippen LogP contribution in [-0.2, 0) is 6.42 Å². The van der Waals surface area contributed by atoms with Gasteiger partial charge in [0.2, 0.25) is 5.95 Å². The summed E-state index contributed by atoms with van der Waals surface area (Å²) in [5, 5.41) is 6.63. The second-order valence-electron chi connectivity index (χ2n) is 5.35. The van der Waals surface area contributed by atoms with E-state index in [2.05, 4.69) is 46.4 Å². The molecular weight excluding hydrogens is 268 g/mol. The third kappa shape index (κ3) is 3.54. The summed E-state index contributed by atoms with van der Waals surface area (Å²) in [4.78, 5) is 13.5. The van der Waals surface area contributed by atoms with E-state index in [0.29, 0.717) is 11.9 Å². The van der Waals surface area contributed by atoms with Crippen LogP contribution in [-0.4, -0.2) is 21.5 Å². The first-order valence-electron chi connectivity index (χ1n) is 6.97. The zero-order chi connectivity index (χ0) is 14.7. The van der Waals surface area contributed by atoms with Gasteiger partial charge in [0, 0.05) is 35.7 Å². The van der Waals surface area contributed by atoms with E-state index < -0.39 is 0 Å². The highest BCUT2D eigenvalue weighted by molar-refractivity contribution is 7.09. The number of anilines is 1. The van der Waals surface area contributed by atoms with Crippen molar-refractivity contribution in [2.75, 3.05) is 11.9 Å². The van der Waals surface area contributed by atoms with E-state index in [1.54, 1.807) is 11.3 Å². The second kappa shape index (κ2) is 6.31. The Kier molecular flexibility index (Phi) is 4.70. The predicted octanol–water partition coefficient (Wildman–Crippen LogP) is 3.64. The summed E-state index contributed by atoms with van der Waals surface area (Å²) in [6, 6.07) is 0. The van der Waals surface area contributed by atoms with E-state index in [-0.39, 0.29) is 0 Å². The normalized spacial score (nSPS) is 11.1. The lowest BCUT2D eigenvalue weighted by Gasteiger charge is -2.08. The molecule has 0 bridgehead atoms. The Morgan fingerprint density at radius 2 is 1.75 bits per heavy atom. The van der Waals surface area contributed by atoms with Crippen LogP contribution in [0.3, 0.4) is 0 Å². The number of hydrogen-bond acceptors (Lipinski definition) is 5. The molecule has 0 radical (unpaired) electrons. The van der Waals surface area contributed by atoms with Crippen LogP contribution < -0.4 is 5.32 Å². The minimum absolute atomic E-state index is 0.507. The summed E-state index contributed by atoms with van der Waals surface area (Å²) in [5.41, 5.74) is 4.38. The van der Waals surface area contributed by atoms with Crippen LogP contribution in [0.2, 0.25) is 0 Å². The van der Waals surface area contributed by atoms with Crippen molar-refractivity contribution in [3.8, 4) is 0 Å². The molecule has 0 spiro atoms. The molecule has 0 saturated carbocycles. The van der Waals surface area contributed by atoms with Crippen LogP contribution >= 0.6 is 11.3 Å². The highest BCUT2D eigenvalue weighted by atomic mass is 32.1. The van der Waals surface area contributed by atoms with E-state index in [1.807, 2.05) is 13.8 Å². The fourth-order valence-electron chi connectivity index (χ4n) is 1.86. The highest BCUT2D eigenvalue weighted by Crippen LogP contribution is 2.19. The average Bonchev–Trinajstić information content (AvgIpc) is 2.85. The van der Waals surface area contributed by atoms with Gasteiger partial charge in [-0.25, -0.2) is 15.0 Å². The molecule has 0 amide bonds. The zero-order valence-corrected chi connectivity index (χ0v) is 13.6. The van der Waals surface area contributed by atoms with Gasteiger partial charge in [-0.2, -0.15) is 0 Å². The number of nitrogens with zero attached hydrogens (tertiary/aromatic N) is 3. The molecule has 1 N–H and O–H groups in total. The van der Waals surface area contributed by atoms with E-state index in [0.717, 1.165) is 35.6 Å². The SMILES string of the molecule is Cc1nc(NCCc2csc(C(C)C)n2)nc(C)c1C. The van der Waals surface area contributed by atoms with Crippen molar-refractivity contribution < 1.29 is 0 Å². The Balaban J connectivity index is 1.92. The molecule has 2 rings (SSSR count). The van der Waals surface area contributed by atoms with Gasteiger partial charge in [-0.05, 0) is 26.3 Å². The third-order valence-electron chi connectivity index (χ3n) is 3.36. The first-order valence-corrected chi connectivity index (χ1v) is 7.85. The van der Waals surface area contributed by atoms with Crippen molar-refractivity contribution in [3.63, 3.8) is 0 Å². The van der Waals surface area contributed by atoms with E-state index in [4.69, 9.17) is 0 Å². The second-order valence-corrected chi connectivity index (χ2v) is 6.24. The molecule has 108 valence electrons. The molecule has 0 saturated heterocycles. The van der Waals surface area contributed by atoms with Gasteiger partial charge < -0.3 is 5.32 Å². The van der Waals surface area contributed by atoms with Gasteiger partial charge >= 0.3 is 0 Å². The Bertz CT molecular complexity index is 566. The summed E-state index contributed by atoms with van der Waals surface area (Å²) >= 11 is 1.74. The molecule has 0 aliphatic heterocycles. The minimum Gasteiger partial charge on any atom is -0.354 e. The van der Waals surface area contributed by atoms with Gasteiger partial charge in [0.15, 0.2) is 0 Å². The standard InChI is InChI=1S/C15H22N4S/c1-9(2)14-19-13(8-20-14)6-7-16-15-17-11(4)10(3)12(5)18-15/h8-9H,6-7H2,1-5H3,(H,16,17,18). The topological polar surface area (TPSA) is 50.7 Å². The maximum atomic E-state index is 4.63. The summed E-state index contributed by atoms with van der Waals surface area (Å²) in [6.07, 6.45) is 0.901. The van der Waals surface area contributed by atoms with Crippen molar-refractivity contribution in [2.45, 2.75) is 47.0 Å². The fourth-order valence-corrected chi connectivity index (χ4v) is 2.73. The highest BCUT2D eigenvalue weighted by Gasteiger charge is 2.07. The van der Waals surface area contributed by atoms with Crippen molar-refractivity contribution in [3.05, 3.63) is 33.0 Å². The lowest BCUT2D eigenvalue weighted by molar-refractivity contribution is 0.834. The number of hydrogen-bond donors (Lipinski definition) is 1. The first-order chi connectivity index (χ1) is 9.47. The predicted molar refractivity (Wildman–Crippen MR) is 84.6 cm³/mol. The zero-order valence-electron chi connectivity index (χ0n) is 12.8. The van der Waals surface area contributed by atoms with Gasteiger partial charge in [0.05, 0.1) is 10.7 Å². The Labute approximate surface area is 124 Å². The minimum atomic E-state index is 0.507. The van der Waals surface area contributed by atoms with Crippen LogP contribution in [0.4, 0.5) is 5.95 Å². The summed E-state index contributed by atoms with van der Waals surface area (Å²) in [7, 11) is 0. The van der Waals surface area contributed by atoms with Gasteiger partial charge in [-0.15, -0.1) is 11.3 Å². The van der Waals surface area contributed by atoms with Crippen LogP contribution in [0.25, 0.3) is 0 Å². The molecule has 5 heteroatoms. The number of aryl methyl sites for hydroxylation is 2. The number of nitrogens with one attached hydrogen (secondary N) is 1. The fraction of sp³-hybridized carbons (Fsp3) is 0.533. The Hall–Kier alpha value is -1.49. The molecule has 0 fully saturated rings. The molecule has 0 aromatic carbocycles. The van der Waals surface area contributed by atoms with Crippen molar-refractivity contribution in [1.29, 1.82) is 0 Å². The maximum absolute atomic E-state index is 4.63. The summed E-state index contributed by atoms with van der Waals surface area (Å²) in [5.74, 6) is 1.22. The molecule has 0 unspecified atom stereocenters. The molecule has 2 heterocycles. The van der Waals surface area contributed by atoms with Gasteiger partial charge in [0.25, 0.3) is 0 Å². The van der Waals surface area contributed by atoms with Crippen LogP contribution in [0.5, 0.6) is 0 Å². The van der Waals surface area contributed by atoms with E-state index >= 15 is 0 Å². The van der Waals surface area contributed by atoms with Gasteiger partial charge in [-0.3, -0.25) is 0 Å². The first kappa shape index (κ1) is 14.9. The molecule has 0 aliphatic carbocycles. The number of rotatable bonds is 5. The Morgan fingerprint density at radius 3 is 2.30 bits per heavy atom. The van der Waals surface area contributed by atoms with Crippen LogP contribution in [0.15, 0.2) is 5.38 Å². The maximum Gasteiger partial charge on any atom is 0.223 e. The molecule has 0 aliphatic rings. The van der Waals surface area contributed by atoms with Crippen LogP contribution in [0.1, 0.15) is 47.4 Å². The Morgan fingerprint density at radius 1 is 1.10 bits per heavy atom. The quantitative estimate of drug-likeness (QED) is 0.913. The van der Waals surface area contributed by atoms with E-state index in [1.165, 1.54) is 5.01 Å². The van der Waals surface area contributed by atoms with Gasteiger partial charge in [-0.1, -0.05) is 13.8 Å². The average molecular weight is 290 g/mol. The lowest BCUT2D eigenvalue weighted by atomic mass is 10.2. The number of aromatic nitrogens is 3. The van der Waals surface area contributed by atoms with Gasteiger partial charge in [0.1, 0.15) is 0 Å². The molecular formula is C15H22N4S. The smallest absolute Gasteiger partial charge is 0.223 e. The molecule has 0 atom stereocenters. The monoisotopic (exact) mass is 290 g/mol.